The van der Waals surface area contributed by atoms with E-state index in [4.69, 9.17) is 0 Å². The molecule has 98 valence electrons. The van der Waals surface area contributed by atoms with E-state index >= 15 is 0 Å². The van der Waals surface area contributed by atoms with Crippen molar-refractivity contribution in [2.24, 2.45) is 5.92 Å². The third-order valence-electron chi connectivity index (χ3n) is 4.04. The highest BCUT2D eigenvalue weighted by Gasteiger charge is 2.44. The molecule has 1 saturated carbocycles. The van der Waals surface area contributed by atoms with Crippen LogP contribution in [-0.4, -0.2) is 33.8 Å². The number of aliphatic hydroxyl groups is 1. The number of H-pyrrole nitrogens is 1. The molecule has 1 saturated heterocycles. The Morgan fingerprint density at radius 1 is 1.50 bits per heavy atom. The maximum Gasteiger partial charge on any atom is 0.252 e. The molecule has 0 amide bonds. The zero-order chi connectivity index (χ0) is 12.9. The van der Waals surface area contributed by atoms with Gasteiger partial charge in [0.05, 0.1) is 13.1 Å². The van der Waals surface area contributed by atoms with E-state index in [0.29, 0.717) is 24.8 Å². The van der Waals surface area contributed by atoms with Gasteiger partial charge in [-0.25, -0.2) is 4.98 Å². The van der Waals surface area contributed by atoms with Gasteiger partial charge < -0.3 is 15.0 Å². The minimum atomic E-state index is -0.635. The van der Waals surface area contributed by atoms with Crippen LogP contribution in [0.2, 0.25) is 0 Å². The fourth-order valence-electron chi connectivity index (χ4n) is 2.32. The van der Waals surface area contributed by atoms with Crippen molar-refractivity contribution in [2.45, 2.75) is 38.2 Å². The summed E-state index contributed by atoms with van der Waals surface area (Å²) in [5, 5.41) is 10.2. The molecule has 0 bridgehead atoms. The van der Waals surface area contributed by atoms with E-state index in [1.54, 1.807) is 0 Å². The molecular weight excluding hydrogens is 230 g/mol. The van der Waals surface area contributed by atoms with Gasteiger partial charge >= 0.3 is 0 Å². The van der Waals surface area contributed by atoms with Gasteiger partial charge in [0, 0.05) is 12.0 Å². The molecule has 3 rings (SSSR count). The quantitative estimate of drug-likeness (QED) is 0.833. The first-order chi connectivity index (χ1) is 8.48. The van der Waals surface area contributed by atoms with Gasteiger partial charge in [-0.3, -0.25) is 4.79 Å². The molecule has 5 nitrogen and oxygen atoms in total. The second-order valence-electron chi connectivity index (χ2n) is 5.88. The summed E-state index contributed by atoms with van der Waals surface area (Å²) in [5.74, 6) is 2.16. The Balaban J connectivity index is 1.80. The number of aromatic amines is 1. The van der Waals surface area contributed by atoms with Crippen LogP contribution in [0.4, 0.5) is 5.82 Å². The molecule has 18 heavy (non-hydrogen) atoms. The lowest BCUT2D eigenvalue weighted by molar-refractivity contribution is -0.0304. The summed E-state index contributed by atoms with van der Waals surface area (Å²) >= 11 is 0. The van der Waals surface area contributed by atoms with Gasteiger partial charge in [0.1, 0.15) is 17.2 Å². The van der Waals surface area contributed by atoms with Crippen LogP contribution < -0.4 is 10.5 Å². The van der Waals surface area contributed by atoms with Crippen molar-refractivity contribution in [3.05, 3.63) is 22.2 Å². The molecule has 0 spiro atoms. The highest BCUT2D eigenvalue weighted by molar-refractivity contribution is 5.43. The second-order valence-corrected chi connectivity index (χ2v) is 5.88. The highest BCUT2D eigenvalue weighted by Crippen LogP contribution is 2.38. The molecule has 0 radical (unpaired) electrons. The van der Waals surface area contributed by atoms with Crippen LogP contribution in [0.3, 0.4) is 0 Å². The SMILES string of the molecule is CC(C)C1(O)CN(c2cc(=O)[nH]c(C3CC3)n2)C1. The highest BCUT2D eigenvalue weighted by atomic mass is 16.3. The lowest BCUT2D eigenvalue weighted by atomic mass is 9.83. The van der Waals surface area contributed by atoms with Gasteiger partial charge in [-0.15, -0.1) is 0 Å². The van der Waals surface area contributed by atoms with E-state index in [0.717, 1.165) is 18.7 Å². The average molecular weight is 249 g/mol. The van der Waals surface area contributed by atoms with Crippen LogP contribution in [0.5, 0.6) is 0 Å². The number of β-amino-alcohol motifs (C(OH)–C–C–N with tert-alkyl or cyclic N) is 1. The molecule has 1 aliphatic heterocycles. The van der Waals surface area contributed by atoms with Gasteiger partial charge in [-0.2, -0.15) is 0 Å². The molecule has 5 heteroatoms. The van der Waals surface area contributed by atoms with Crippen LogP contribution in [0.25, 0.3) is 0 Å². The van der Waals surface area contributed by atoms with Crippen molar-refractivity contribution in [3.8, 4) is 0 Å². The molecule has 0 atom stereocenters. The lowest BCUT2D eigenvalue weighted by Crippen LogP contribution is -2.65. The largest absolute Gasteiger partial charge is 0.386 e. The predicted molar refractivity (Wildman–Crippen MR) is 68.8 cm³/mol. The number of anilines is 1. The Hall–Kier alpha value is -1.36. The maximum absolute atomic E-state index is 11.6. The van der Waals surface area contributed by atoms with Gasteiger partial charge in [0.25, 0.3) is 5.56 Å². The van der Waals surface area contributed by atoms with Crippen molar-refractivity contribution < 1.29 is 5.11 Å². The van der Waals surface area contributed by atoms with E-state index in [1.165, 1.54) is 6.07 Å². The van der Waals surface area contributed by atoms with E-state index in [-0.39, 0.29) is 11.5 Å². The maximum atomic E-state index is 11.6. The molecular formula is C13H19N3O2. The van der Waals surface area contributed by atoms with Gasteiger partial charge in [0.2, 0.25) is 0 Å². The van der Waals surface area contributed by atoms with Crippen LogP contribution in [0, 0.1) is 5.92 Å². The lowest BCUT2D eigenvalue weighted by Gasteiger charge is -2.49. The van der Waals surface area contributed by atoms with Crippen molar-refractivity contribution >= 4 is 5.82 Å². The minimum Gasteiger partial charge on any atom is -0.386 e. The van der Waals surface area contributed by atoms with E-state index in [9.17, 15) is 9.90 Å². The van der Waals surface area contributed by atoms with Crippen LogP contribution >= 0.6 is 0 Å². The molecule has 2 fully saturated rings. The molecule has 0 unspecified atom stereocenters. The summed E-state index contributed by atoms with van der Waals surface area (Å²) in [6.45, 7) is 5.15. The normalized spacial score (nSPS) is 22.1. The summed E-state index contributed by atoms with van der Waals surface area (Å²) in [4.78, 5) is 20.9. The summed E-state index contributed by atoms with van der Waals surface area (Å²) in [6, 6.07) is 1.52. The Morgan fingerprint density at radius 2 is 2.17 bits per heavy atom. The number of aromatic nitrogens is 2. The molecule has 1 aromatic heterocycles. The zero-order valence-electron chi connectivity index (χ0n) is 10.8. The standard InChI is InChI=1S/C13H19N3O2/c1-8(2)13(18)6-16(7-13)10-5-11(17)15-12(14-10)9-3-4-9/h5,8-9,18H,3-4,6-7H2,1-2H3,(H,14,15,17). The molecule has 1 aliphatic carbocycles. The molecule has 2 N–H and O–H groups in total. The number of nitrogens with zero attached hydrogens (tertiary/aromatic N) is 2. The van der Waals surface area contributed by atoms with E-state index < -0.39 is 5.60 Å². The van der Waals surface area contributed by atoms with Crippen LogP contribution in [0.15, 0.2) is 10.9 Å². The molecule has 1 aromatic rings. The first-order valence-electron chi connectivity index (χ1n) is 6.56. The summed E-state index contributed by atoms with van der Waals surface area (Å²) in [7, 11) is 0. The third kappa shape index (κ3) is 1.92. The summed E-state index contributed by atoms with van der Waals surface area (Å²) < 4.78 is 0. The topological polar surface area (TPSA) is 69.2 Å². The Morgan fingerprint density at radius 3 is 2.72 bits per heavy atom. The Kier molecular flexibility index (Phi) is 2.48. The fourth-order valence-corrected chi connectivity index (χ4v) is 2.32. The van der Waals surface area contributed by atoms with Crippen LogP contribution in [0.1, 0.15) is 38.4 Å². The van der Waals surface area contributed by atoms with Gasteiger partial charge in [0.15, 0.2) is 0 Å². The number of nitrogens with one attached hydrogen (secondary N) is 1. The second kappa shape index (κ2) is 3.82. The van der Waals surface area contributed by atoms with Crippen molar-refractivity contribution in [1.82, 2.24) is 9.97 Å². The summed E-state index contributed by atoms with van der Waals surface area (Å²) in [6.07, 6.45) is 2.23. The van der Waals surface area contributed by atoms with Gasteiger partial charge in [-0.1, -0.05) is 13.8 Å². The average Bonchev–Trinajstić information content (AvgIpc) is 3.07. The first kappa shape index (κ1) is 11.7. The Labute approximate surface area is 106 Å². The van der Waals surface area contributed by atoms with Crippen molar-refractivity contribution in [2.75, 3.05) is 18.0 Å². The third-order valence-corrected chi connectivity index (χ3v) is 4.04. The number of rotatable bonds is 3. The monoisotopic (exact) mass is 249 g/mol. The molecule has 2 heterocycles. The van der Waals surface area contributed by atoms with Crippen LogP contribution in [-0.2, 0) is 0 Å². The van der Waals surface area contributed by atoms with E-state index in [2.05, 4.69) is 9.97 Å². The Bertz CT molecular complexity index is 513. The van der Waals surface area contributed by atoms with E-state index in [1.807, 2.05) is 18.7 Å². The van der Waals surface area contributed by atoms with Crippen molar-refractivity contribution in [1.29, 1.82) is 0 Å². The first-order valence-corrected chi connectivity index (χ1v) is 6.56. The molecule has 0 aromatic carbocycles. The van der Waals surface area contributed by atoms with Gasteiger partial charge in [-0.05, 0) is 18.8 Å². The van der Waals surface area contributed by atoms with Crippen molar-refractivity contribution in [3.63, 3.8) is 0 Å². The number of hydrogen-bond donors (Lipinski definition) is 2. The molecule has 2 aliphatic rings. The smallest absolute Gasteiger partial charge is 0.252 e. The number of hydrogen-bond acceptors (Lipinski definition) is 4. The summed E-state index contributed by atoms with van der Waals surface area (Å²) in [5.41, 5.74) is -0.730. The zero-order valence-corrected chi connectivity index (χ0v) is 10.8. The predicted octanol–water partition coefficient (Wildman–Crippen LogP) is 0.854. The fraction of sp³-hybridized carbons (Fsp3) is 0.692. The minimum absolute atomic E-state index is 0.0955.